The Morgan fingerprint density at radius 2 is 2.22 bits per heavy atom. The Morgan fingerprint density at radius 1 is 1.44 bits per heavy atom. The van der Waals surface area contributed by atoms with Crippen LogP contribution < -0.4 is 0 Å². The van der Waals surface area contributed by atoms with Gasteiger partial charge in [-0.2, -0.15) is 0 Å². The van der Waals surface area contributed by atoms with Crippen LogP contribution in [-0.2, 0) is 0 Å². The van der Waals surface area contributed by atoms with Crippen molar-refractivity contribution in [3.05, 3.63) is 11.6 Å². The largest absolute Gasteiger partial charge is 0.412 e. The van der Waals surface area contributed by atoms with Crippen molar-refractivity contribution in [1.29, 1.82) is 0 Å². The van der Waals surface area contributed by atoms with E-state index in [1.54, 1.807) is 5.57 Å². The van der Waals surface area contributed by atoms with Gasteiger partial charge in [0.1, 0.15) is 0 Å². The van der Waals surface area contributed by atoms with Crippen LogP contribution in [0, 0.1) is 0 Å². The van der Waals surface area contributed by atoms with Gasteiger partial charge in [0.05, 0.1) is 0 Å². The molecule has 0 aromatic heterocycles. The maximum Gasteiger partial charge on any atom is -0.0320 e. The zero-order chi connectivity index (χ0) is 5.82. The third-order valence-electron chi connectivity index (χ3n) is 1.84. The van der Waals surface area contributed by atoms with Crippen LogP contribution in [-0.4, -0.2) is 5.48 Å². The minimum Gasteiger partial charge on any atom is -0.412 e. The lowest BCUT2D eigenvalue weighted by Crippen LogP contribution is -1.88. The second-order valence-electron chi connectivity index (χ2n) is 2.46. The second-order valence-corrected chi connectivity index (χ2v) is 2.46. The van der Waals surface area contributed by atoms with Crippen LogP contribution in [0.15, 0.2) is 11.6 Å². The minimum atomic E-state index is 0. The van der Waals surface area contributed by atoms with E-state index >= 15 is 0 Å². The van der Waals surface area contributed by atoms with Crippen molar-refractivity contribution in [3.63, 3.8) is 0 Å². The SMILES string of the molecule is CCC1=CCCCC1.O. The normalized spacial score (nSPS) is 18.1. The van der Waals surface area contributed by atoms with Gasteiger partial charge in [0.15, 0.2) is 0 Å². The molecule has 54 valence electrons. The molecule has 0 aromatic rings. The predicted molar refractivity (Wildman–Crippen MR) is 40.5 cm³/mol. The molecule has 1 aliphatic carbocycles. The van der Waals surface area contributed by atoms with Crippen molar-refractivity contribution in [1.82, 2.24) is 0 Å². The van der Waals surface area contributed by atoms with E-state index < -0.39 is 0 Å². The summed E-state index contributed by atoms with van der Waals surface area (Å²) < 4.78 is 0. The van der Waals surface area contributed by atoms with Gasteiger partial charge in [-0.1, -0.05) is 18.6 Å². The summed E-state index contributed by atoms with van der Waals surface area (Å²) in [6.45, 7) is 2.25. The third-order valence-corrected chi connectivity index (χ3v) is 1.84. The number of rotatable bonds is 1. The molecule has 0 radical (unpaired) electrons. The van der Waals surface area contributed by atoms with Crippen LogP contribution in [0.5, 0.6) is 0 Å². The highest BCUT2D eigenvalue weighted by Crippen LogP contribution is 2.18. The van der Waals surface area contributed by atoms with Crippen molar-refractivity contribution in [3.8, 4) is 0 Å². The molecule has 0 aromatic carbocycles. The summed E-state index contributed by atoms with van der Waals surface area (Å²) in [6, 6.07) is 0. The Labute approximate surface area is 57.1 Å². The first-order chi connectivity index (χ1) is 3.93. The average molecular weight is 128 g/mol. The summed E-state index contributed by atoms with van der Waals surface area (Å²) in [7, 11) is 0. The molecule has 0 atom stereocenters. The van der Waals surface area contributed by atoms with Gasteiger partial charge in [-0.05, 0) is 32.1 Å². The fraction of sp³-hybridized carbons (Fsp3) is 0.750. The van der Waals surface area contributed by atoms with Gasteiger partial charge in [-0.15, -0.1) is 0 Å². The Morgan fingerprint density at radius 3 is 2.56 bits per heavy atom. The molecule has 0 heterocycles. The predicted octanol–water partition coefficient (Wildman–Crippen LogP) is 2.07. The van der Waals surface area contributed by atoms with Gasteiger partial charge in [0.25, 0.3) is 0 Å². The summed E-state index contributed by atoms with van der Waals surface area (Å²) in [6.07, 6.45) is 9.24. The Kier molecular flexibility index (Phi) is 4.41. The molecular weight excluding hydrogens is 112 g/mol. The lowest BCUT2D eigenvalue weighted by atomic mass is 9.98. The van der Waals surface area contributed by atoms with Gasteiger partial charge >= 0.3 is 0 Å². The third kappa shape index (κ3) is 2.66. The van der Waals surface area contributed by atoms with Crippen molar-refractivity contribution >= 4 is 0 Å². The maximum atomic E-state index is 2.41. The Bertz CT molecular complexity index is 94.7. The average Bonchev–Trinajstić information content (AvgIpc) is 1.90. The van der Waals surface area contributed by atoms with E-state index in [2.05, 4.69) is 13.0 Å². The number of hydrogen-bond donors (Lipinski definition) is 0. The van der Waals surface area contributed by atoms with Crippen LogP contribution in [0.2, 0.25) is 0 Å². The molecule has 0 amide bonds. The summed E-state index contributed by atoms with van der Waals surface area (Å²) in [5.41, 5.74) is 1.68. The highest BCUT2D eigenvalue weighted by molar-refractivity contribution is 5.03. The van der Waals surface area contributed by atoms with Crippen LogP contribution >= 0.6 is 0 Å². The van der Waals surface area contributed by atoms with E-state index in [4.69, 9.17) is 0 Å². The molecule has 1 nitrogen and oxygen atoms in total. The fourth-order valence-electron chi connectivity index (χ4n) is 1.23. The molecule has 9 heavy (non-hydrogen) atoms. The standard InChI is InChI=1S/C8H14.H2O/c1-2-8-6-4-3-5-7-8;/h6H,2-5,7H2,1H3;1H2. The van der Waals surface area contributed by atoms with Gasteiger partial charge < -0.3 is 5.48 Å². The zero-order valence-corrected chi connectivity index (χ0v) is 6.11. The van der Waals surface area contributed by atoms with Gasteiger partial charge in [0.2, 0.25) is 0 Å². The highest BCUT2D eigenvalue weighted by Gasteiger charge is 1.98. The van der Waals surface area contributed by atoms with E-state index in [-0.39, 0.29) is 5.48 Å². The topological polar surface area (TPSA) is 31.5 Å². The van der Waals surface area contributed by atoms with Crippen molar-refractivity contribution < 1.29 is 5.48 Å². The Balaban J connectivity index is 0.000000640. The molecule has 0 saturated carbocycles. The fourth-order valence-corrected chi connectivity index (χ4v) is 1.23. The molecule has 0 unspecified atom stereocenters. The molecular formula is C8H16O. The zero-order valence-electron chi connectivity index (χ0n) is 6.11. The van der Waals surface area contributed by atoms with Gasteiger partial charge in [-0.25, -0.2) is 0 Å². The molecule has 0 fully saturated rings. The molecule has 0 saturated heterocycles. The minimum absolute atomic E-state index is 0. The monoisotopic (exact) mass is 128 g/mol. The van der Waals surface area contributed by atoms with Gasteiger partial charge in [0, 0.05) is 0 Å². The van der Waals surface area contributed by atoms with Crippen LogP contribution in [0.25, 0.3) is 0 Å². The quantitative estimate of drug-likeness (QED) is 0.484. The molecule has 0 bridgehead atoms. The van der Waals surface area contributed by atoms with E-state index in [0.717, 1.165) is 0 Å². The molecule has 1 rings (SSSR count). The lowest BCUT2D eigenvalue weighted by molar-refractivity contribution is 0.684. The second kappa shape index (κ2) is 4.57. The van der Waals surface area contributed by atoms with Crippen molar-refractivity contribution in [2.24, 2.45) is 0 Å². The van der Waals surface area contributed by atoms with E-state index in [1.807, 2.05) is 0 Å². The molecule has 1 aliphatic rings. The lowest BCUT2D eigenvalue weighted by Gasteiger charge is -2.08. The molecule has 0 spiro atoms. The summed E-state index contributed by atoms with van der Waals surface area (Å²) in [4.78, 5) is 0. The number of allylic oxidation sites excluding steroid dienone is 2. The highest BCUT2D eigenvalue weighted by atomic mass is 16.0. The summed E-state index contributed by atoms with van der Waals surface area (Å²) in [5.74, 6) is 0. The number of hydrogen-bond acceptors (Lipinski definition) is 0. The van der Waals surface area contributed by atoms with Crippen LogP contribution in [0.3, 0.4) is 0 Å². The summed E-state index contributed by atoms with van der Waals surface area (Å²) in [5, 5.41) is 0. The Hall–Kier alpha value is -0.300. The first kappa shape index (κ1) is 8.70. The van der Waals surface area contributed by atoms with Crippen LogP contribution in [0.1, 0.15) is 39.0 Å². The molecule has 2 N–H and O–H groups in total. The van der Waals surface area contributed by atoms with E-state index in [9.17, 15) is 0 Å². The van der Waals surface area contributed by atoms with Gasteiger partial charge in [-0.3, -0.25) is 0 Å². The summed E-state index contributed by atoms with van der Waals surface area (Å²) >= 11 is 0. The molecule has 0 aliphatic heterocycles. The first-order valence-corrected chi connectivity index (χ1v) is 3.61. The van der Waals surface area contributed by atoms with Crippen molar-refractivity contribution in [2.45, 2.75) is 39.0 Å². The van der Waals surface area contributed by atoms with Crippen LogP contribution in [0.4, 0.5) is 0 Å². The first-order valence-electron chi connectivity index (χ1n) is 3.61. The smallest absolute Gasteiger partial charge is 0.0320 e. The van der Waals surface area contributed by atoms with Crippen molar-refractivity contribution in [2.75, 3.05) is 0 Å². The maximum absolute atomic E-state index is 2.41. The molecule has 1 heteroatoms. The van der Waals surface area contributed by atoms with E-state index in [1.165, 1.54) is 32.1 Å². The van der Waals surface area contributed by atoms with E-state index in [0.29, 0.717) is 0 Å².